The lowest BCUT2D eigenvalue weighted by Gasteiger charge is -2.08. The molecule has 0 radical (unpaired) electrons. The molecule has 84 valence electrons. The molecule has 16 heavy (non-hydrogen) atoms. The quantitative estimate of drug-likeness (QED) is 0.708. The Balaban J connectivity index is 2.64. The van der Waals surface area contributed by atoms with E-state index in [1.165, 1.54) is 12.4 Å². The second kappa shape index (κ2) is 4.11. The predicted octanol–water partition coefficient (Wildman–Crippen LogP) is 1.42. The molecule has 1 aromatic heterocycles. The molecule has 1 aromatic carbocycles. The first-order valence-electron chi connectivity index (χ1n) is 4.57. The number of carbonyl (C=O) groups is 1. The third kappa shape index (κ3) is 1.64. The van der Waals surface area contributed by atoms with Gasteiger partial charge in [0, 0.05) is 11.4 Å². The van der Waals surface area contributed by atoms with Gasteiger partial charge in [-0.3, -0.25) is 0 Å². The number of aliphatic hydroxyl groups is 1. The van der Waals surface area contributed by atoms with Gasteiger partial charge >= 0.3 is 5.97 Å². The zero-order chi connectivity index (χ0) is 11.7. The number of nitrogens with one attached hydrogen (secondary N) is 1. The molecule has 5 nitrogen and oxygen atoms in total. The molecule has 0 aliphatic heterocycles. The second-order valence-electron chi connectivity index (χ2n) is 3.31. The highest BCUT2D eigenvalue weighted by atomic mass is 35.5. The molecule has 0 saturated carbocycles. The summed E-state index contributed by atoms with van der Waals surface area (Å²) in [5, 5.41) is 18.2. The number of imidazole rings is 1. The Kier molecular flexibility index (Phi) is 2.80. The molecule has 0 aliphatic rings. The molecule has 0 amide bonds. The van der Waals surface area contributed by atoms with Gasteiger partial charge in [0.05, 0.1) is 17.4 Å². The van der Waals surface area contributed by atoms with Gasteiger partial charge in [0.15, 0.2) is 6.10 Å². The minimum Gasteiger partial charge on any atom is -0.479 e. The number of carboxylic acids is 1. The predicted molar refractivity (Wildman–Crippen MR) is 58.2 cm³/mol. The van der Waals surface area contributed by atoms with Crippen molar-refractivity contribution in [1.29, 1.82) is 0 Å². The first kappa shape index (κ1) is 10.9. The highest BCUT2D eigenvalue weighted by Gasteiger charge is 2.20. The summed E-state index contributed by atoms with van der Waals surface area (Å²) in [6.45, 7) is 0. The van der Waals surface area contributed by atoms with Crippen molar-refractivity contribution in [2.24, 2.45) is 0 Å². The van der Waals surface area contributed by atoms with Gasteiger partial charge in [-0.2, -0.15) is 0 Å². The van der Waals surface area contributed by atoms with Gasteiger partial charge in [0.25, 0.3) is 0 Å². The molecule has 2 aromatic rings. The van der Waals surface area contributed by atoms with E-state index in [1.807, 2.05) is 0 Å². The third-order valence-corrected chi connectivity index (χ3v) is 2.66. The van der Waals surface area contributed by atoms with Crippen LogP contribution in [-0.4, -0.2) is 26.2 Å². The van der Waals surface area contributed by atoms with E-state index < -0.39 is 12.1 Å². The average molecular weight is 241 g/mol. The van der Waals surface area contributed by atoms with Gasteiger partial charge in [0.2, 0.25) is 0 Å². The minimum atomic E-state index is -1.56. The van der Waals surface area contributed by atoms with E-state index in [9.17, 15) is 9.90 Å². The Morgan fingerprint density at radius 1 is 1.56 bits per heavy atom. The van der Waals surface area contributed by atoms with Crippen LogP contribution in [0.15, 0.2) is 18.5 Å². The molecule has 0 bridgehead atoms. The number of rotatable bonds is 3. The molecular formula is C10H9ClN2O3. The van der Waals surface area contributed by atoms with Crippen molar-refractivity contribution in [2.45, 2.75) is 12.0 Å². The number of aromatic nitrogens is 2. The number of nitrogens with zero attached hydrogens (tertiary/aromatic N) is 1. The topological polar surface area (TPSA) is 86.2 Å². The van der Waals surface area contributed by atoms with Crippen molar-refractivity contribution in [1.82, 2.24) is 9.97 Å². The first-order valence-corrected chi connectivity index (χ1v) is 5.10. The third-order valence-electron chi connectivity index (χ3n) is 2.37. The summed E-state index contributed by atoms with van der Waals surface area (Å²) in [7, 11) is 0. The van der Waals surface area contributed by atoms with E-state index in [-0.39, 0.29) is 11.4 Å². The van der Waals surface area contributed by atoms with E-state index in [1.54, 1.807) is 6.07 Å². The Morgan fingerprint density at radius 2 is 2.31 bits per heavy atom. The van der Waals surface area contributed by atoms with Crippen LogP contribution in [0.5, 0.6) is 0 Å². The van der Waals surface area contributed by atoms with Crippen LogP contribution in [0.2, 0.25) is 0 Å². The summed E-state index contributed by atoms with van der Waals surface area (Å²) < 4.78 is 0. The summed E-state index contributed by atoms with van der Waals surface area (Å²) in [4.78, 5) is 17.6. The van der Waals surface area contributed by atoms with E-state index in [4.69, 9.17) is 16.7 Å². The number of fused-ring (bicyclic) bond motifs is 1. The lowest BCUT2D eigenvalue weighted by molar-refractivity contribution is -0.146. The Bertz CT molecular complexity index is 538. The van der Waals surface area contributed by atoms with E-state index in [0.717, 1.165) is 5.56 Å². The molecule has 3 N–H and O–H groups in total. The highest BCUT2D eigenvalue weighted by Crippen LogP contribution is 2.25. The van der Waals surface area contributed by atoms with Crippen LogP contribution in [0.3, 0.4) is 0 Å². The molecule has 6 heteroatoms. The van der Waals surface area contributed by atoms with Crippen LogP contribution in [-0.2, 0) is 10.7 Å². The maximum Gasteiger partial charge on any atom is 0.337 e. The average Bonchev–Trinajstić information content (AvgIpc) is 2.75. The number of aliphatic carboxylic acids is 1. The van der Waals surface area contributed by atoms with Crippen molar-refractivity contribution < 1.29 is 15.0 Å². The number of aliphatic hydroxyl groups excluding tert-OH is 1. The number of benzene rings is 1. The summed E-state index contributed by atoms with van der Waals surface area (Å²) in [6.07, 6.45) is -0.119. The number of aromatic amines is 1. The molecule has 1 atom stereocenters. The van der Waals surface area contributed by atoms with Gasteiger partial charge in [-0.1, -0.05) is 12.1 Å². The zero-order valence-corrected chi connectivity index (χ0v) is 8.90. The van der Waals surface area contributed by atoms with Crippen LogP contribution in [0.4, 0.5) is 0 Å². The number of alkyl halides is 1. The summed E-state index contributed by atoms with van der Waals surface area (Å²) in [5.74, 6) is -1.01. The lowest BCUT2D eigenvalue weighted by atomic mass is 10.0. The summed E-state index contributed by atoms with van der Waals surface area (Å²) in [6, 6.07) is 3.20. The monoisotopic (exact) mass is 240 g/mol. The van der Waals surface area contributed by atoms with Gasteiger partial charge in [0.1, 0.15) is 0 Å². The van der Waals surface area contributed by atoms with Crippen molar-refractivity contribution in [3.8, 4) is 0 Å². The van der Waals surface area contributed by atoms with Crippen molar-refractivity contribution >= 4 is 28.6 Å². The first-order chi connectivity index (χ1) is 7.65. The summed E-state index contributed by atoms with van der Waals surface area (Å²) in [5.41, 5.74) is 2.17. The maximum absolute atomic E-state index is 10.7. The largest absolute Gasteiger partial charge is 0.479 e. The van der Waals surface area contributed by atoms with E-state index >= 15 is 0 Å². The van der Waals surface area contributed by atoms with Crippen LogP contribution in [0.1, 0.15) is 17.2 Å². The van der Waals surface area contributed by atoms with Crippen molar-refractivity contribution in [2.75, 3.05) is 0 Å². The lowest BCUT2D eigenvalue weighted by Crippen LogP contribution is -2.11. The van der Waals surface area contributed by atoms with Gasteiger partial charge in [-0.25, -0.2) is 9.78 Å². The molecule has 0 saturated heterocycles. The standard InChI is InChI=1S/C10H9ClN2O3/c11-3-5-1-2-6(9(14)10(15)16)8-7(5)12-4-13-8/h1-2,4,9,14H,3H2,(H,12,13)(H,15,16). The zero-order valence-electron chi connectivity index (χ0n) is 8.14. The fourth-order valence-corrected chi connectivity index (χ4v) is 1.79. The number of hydrogen-bond acceptors (Lipinski definition) is 3. The number of H-pyrrole nitrogens is 1. The molecule has 0 spiro atoms. The molecule has 2 rings (SSSR count). The van der Waals surface area contributed by atoms with E-state index in [0.29, 0.717) is 11.0 Å². The SMILES string of the molecule is O=C(O)C(O)c1ccc(CCl)c2nc[nH]c12. The normalized spacial score (nSPS) is 12.9. The second-order valence-corrected chi connectivity index (χ2v) is 3.58. The van der Waals surface area contributed by atoms with Gasteiger partial charge in [-0.05, 0) is 5.56 Å². The van der Waals surface area contributed by atoms with E-state index in [2.05, 4.69) is 9.97 Å². The summed E-state index contributed by atoms with van der Waals surface area (Å²) >= 11 is 5.72. The Labute approximate surface area is 95.7 Å². The van der Waals surface area contributed by atoms with Crippen molar-refractivity contribution in [3.63, 3.8) is 0 Å². The minimum absolute atomic E-state index is 0.283. The van der Waals surface area contributed by atoms with Crippen LogP contribution >= 0.6 is 11.6 Å². The Hall–Kier alpha value is -1.59. The Morgan fingerprint density at radius 3 is 2.94 bits per heavy atom. The number of carboxylic acid groups (broad SMARTS) is 1. The highest BCUT2D eigenvalue weighted by molar-refractivity contribution is 6.17. The van der Waals surface area contributed by atoms with Crippen LogP contribution < -0.4 is 0 Å². The smallest absolute Gasteiger partial charge is 0.337 e. The molecule has 1 unspecified atom stereocenters. The fourth-order valence-electron chi connectivity index (χ4n) is 1.58. The van der Waals surface area contributed by atoms with Gasteiger partial charge < -0.3 is 15.2 Å². The molecule has 0 aliphatic carbocycles. The molecule has 0 fully saturated rings. The maximum atomic E-state index is 10.7. The fraction of sp³-hybridized carbons (Fsp3) is 0.200. The molecule has 1 heterocycles. The van der Waals surface area contributed by atoms with Crippen LogP contribution in [0.25, 0.3) is 11.0 Å². The van der Waals surface area contributed by atoms with Gasteiger partial charge in [-0.15, -0.1) is 11.6 Å². The number of halogens is 1. The van der Waals surface area contributed by atoms with Crippen molar-refractivity contribution in [3.05, 3.63) is 29.6 Å². The molecular weight excluding hydrogens is 232 g/mol. The van der Waals surface area contributed by atoms with Crippen LogP contribution in [0, 0.1) is 0 Å². The number of hydrogen-bond donors (Lipinski definition) is 3.